The molecule has 0 aromatic carbocycles. The minimum absolute atomic E-state index is 0. The van der Waals surface area contributed by atoms with Gasteiger partial charge >= 0.3 is 11.9 Å². The molecular formula is C8H12Cl2O6. The summed E-state index contributed by atoms with van der Waals surface area (Å²) in [4.78, 5) is 42.8. The molecule has 0 aromatic heterocycles. The van der Waals surface area contributed by atoms with Gasteiger partial charge in [0.15, 0.2) is 0 Å². The van der Waals surface area contributed by atoms with Crippen LogP contribution in [0, 0.1) is 11.8 Å². The minimum atomic E-state index is -1.80. The lowest BCUT2D eigenvalue weighted by Crippen LogP contribution is -2.38. The number of rotatable bonds is 5. The molecular weight excluding hydrogens is 263 g/mol. The zero-order valence-corrected chi connectivity index (χ0v) is 10.1. The monoisotopic (exact) mass is 274 g/mol. The number of hydrogen-bond donors (Lipinski definition) is 2. The second kappa shape index (κ2) is 8.06. The summed E-state index contributed by atoms with van der Waals surface area (Å²) in [6.07, 6.45) is 0. The van der Waals surface area contributed by atoms with Crippen molar-refractivity contribution in [3.63, 3.8) is 0 Å². The zero-order chi connectivity index (χ0) is 11.5. The molecule has 0 saturated carbocycles. The first-order chi connectivity index (χ1) is 6.29. The second-order valence-electron chi connectivity index (χ2n) is 2.85. The van der Waals surface area contributed by atoms with E-state index in [0.29, 0.717) is 0 Å². The number of ketones is 2. The molecule has 0 amide bonds. The summed E-state index contributed by atoms with van der Waals surface area (Å²) < 4.78 is 0. The molecule has 0 aliphatic carbocycles. The number of carbonyl (C=O) groups excluding carboxylic acids is 2. The maximum atomic E-state index is 10.8. The standard InChI is InChI=1S/C8H10O6.2ClH/c1-3(9)5(7(11)12)6(4(2)10)8(13)14;;/h5-6H,1-2H3,(H,11,12)(H,13,14);2*1H. The van der Waals surface area contributed by atoms with Crippen LogP contribution >= 0.6 is 24.8 Å². The highest BCUT2D eigenvalue weighted by atomic mass is 35.5. The summed E-state index contributed by atoms with van der Waals surface area (Å²) in [5, 5.41) is 17.2. The van der Waals surface area contributed by atoms with Crippen molar-refractivity contribution >= 4 is 48.3 Å². The lowest BCUT2D eigenvalue weighted by molar-refractivity contribution is -0.160. The molecule has 2 atom stereocenters. The van der Waals surface area contributed by atoms with Gasteiger partial charge in [-0.1, -0.05) is 0 Å². The van der Waals surface area contributed by atoms with E-state index in [-0.39, 0.29) is 24.8 Å². The number of carboxylic acids is 2. The normalized spacial score (nSPS) is 12.4. The third kappa shape index (κ3) is 5.09. The van der Waals surface area contributed by atoms with Crippen LogP contribution in [0.4, 0.5) is 0 Å². The van der Waals surface area contributed by atoms with Crippen LogP contribution in [0.5, 0.6) is 0 Å². The number of hydrogen-bond acceptors (Lipinski definition) is 4. The SMILES string of the molecule is CC(=O)C(C(=O)O)C(C(C)=O)C(=O)O.Cl.Cl. The molecule has 0 fully saturated rings. The van der Waals surface area contributed by atoms with Crippen molar-refractivity contribution in [2.75, 3.05) is 0 Å². The maximum Gasteiger partial charge on any atom is 0.315 e. The Balaban J connectivity index is -0.000000845. The van der Waals surface area contributed by atoms with Gasteiger partial charge in [0.25, 0.3) is 0 Å². The molecule has 0 saturated heterocycles. The van der Waals surface area contributed by atoms with Gasteiger partial charge in [-0.3, -0.25) is 19.2 Å². The highest BCUT2D eigenvalue weighted by Gasteiger charge is 2.40. The summed E-state index contributed by atoms with van der Waals surface area (Å²) in [5.41, 5.74) is 0. The van der Waals surface area contributed by atoms with E-state index >= 15 is 0 Å². The quantitative estimate of drug-likeness (QED) is 0.703. The number of carbonyl (C=O) groups is 4. The summed E-state index contributed by atoms with van der Waals surface area (Å²) in [6, 6.07) is 0. The van der Waals surface area contributed by atoms with Crippen molar-refractivity contribution in [3.05, 3.63) is 0 Å². The van der Waals surface area contributed by atoms with Gasteiger partial charge in [0.1, 0.15) is 23.4 Å². The highest BCUT2D eigenvalue weighted by molar-refractivity contribution is 6.09. The van der Waals surface area contributed by atoms with Crippen LogP contribution in [0.2, 0.25) is 0 Å². The van der Waals surface area contributed by atoms with E-state index in [0.717, 1.165) is 13.8 Å². The van der Waals surface area contributed by atoms with Gasteiger partial charge in [-0.2, -0.15) is 0 Å². The Hall–Kier alpha value is -1.14. The summed E-state index contributed by atoms with van der Waals surface area (Å²) in [6.45, 7) is 1.88. The first kappa shape index (κ1) is 20.3. The second-order valence-corrected chi connectivity index (χ2v) is 2.85. The first-order valence-electron chi connectivity index (χ1n) is 3.75. The lowest BCUT2D eigenvalue weighted by atomic mass is 9.86. The van der Waals surface area contributed by atoms with Crippen LogP contribution in [-0.2, 0) is 19.2 Å². The third-order valence-electron chi connectivity index (χ3n) is 1.74. The van der Waals surface area contributed by atoms with Crippen molar-refractivity contribution in [2.24, 2.45) is 11.8 Å². The number of Topliss-reactive ketones (excluding diaryl/α,β-unsaturated/α-hetero) is 2. The van der Waals surface area contributed by atoms with Crippen LogP contribution in [0.15, 0.2) is 0 Å². The summed E-state index contributed by atoms with van der Waals surface area (Å²) in [7, 11) is 0. The Kier molecular flexibility index (Phi) is 10.2. The van der Waals surface area contributed by atoms with Gasteiger partial charge in [-0.15, -0.1) is 24.8 Å². The van der Waals surface area contributed by atoms with E-state index in [1.165, 1.54) is 0 Å². The number of carboxylic acid groups (broad SMARTS) is 2. The molecule has 0 rings (SSSR count). The van der Waals surface area contributed by atoms with Gasteiger partial charge in [-0.25, -0.2) is 0 Å². The molecule has 0 aliphatic heterocycles. The van der Waals surface area contributed by atoms with Gasteiger partial charge < -0.3 is 10.2 Å². The number of aliphatic carboxylic acids is 2. The van der Waals surface area contributed by atoms with Gasteiger partial charge in [0.2, 0.25) is 0 Å². The fourth-order valence-electron chi connectivity index (χ4n) is 1.10. The largest absolute Gasteiger partial charge is 0.481 e. The topological polar surface area (TPSA) is 109 Å². The molecule has 2 N–H and O–H groups in total. The fourth-order valence-corrected chi connectivity index (χ4v) is 1.10. The molecule has 0 heterocycles. The molecule has 16 heavy (non-hydrogen) atoms. The van der Waals surface area contributed by atoms with Crippen LogP contribution in [0.25, 0.3) is 0 Å². The Morgan fingerprint density at radius 3 is 1.00 bits per heavy atom. The molecule has 2 unspecified atom stereocenters. The Morgan fingerprint density at radius 2 is 0.938 bits per heavy atom. The van der Waals surface area contributed by atoms with Crippen LogP contribution in [0.1, 0.15) is 13.8 Å². The molecule has 0 radical (unpaired) electrons. The fraction of sp³-hybridized carbons (Fsp3) is 0.500. The van der Waals surface area contributed by atoms with E-state index in [2.05, 4.69) is 0 Å². The van der Waals surface area contributed by atoms with Crippen molar-refractivity contribution in [1.29, 1.82) is 0 Å². The maximum absolute atomic E-state index is 10.8. The van der Waals surface area contributed by atoms with Crippen LogP contribution in [-0.4, -0.2) is 33.7 Å². The van der Waals surface area contributed by atoms with Crippen LogP contribution in [0.3, 0.4) is 0 Å². The first-order valence-corrected chi connectivity index (χ1v) is 3.75. The minimum Gasteiger partial charge on any atom is -0.481 e. The summed E-state index contributed by atoms with van der Waals surface area (Å²) >= 11 is 0. The van der Waals surface area contributed by atoms with E-state index in [9.17, 15) is 19.2 Å². The van der Waals surface area contributed by atoms with Crippen molar-refractivity contribution < 1.29 is 29.4 Å². The molecule has 94 valence electrons. The lowest BCUT2D eigenvalue weighted by Gasteiger charge is -2.14. The Bertz CT molecular complexity index is 243. The van der Waals surface area contributed by atoms with Gasteiger partial charge in [0.05, 0.1) is 0 Å². The molecule has 0 spiro atoms. The molecule has 0 bridgehead atoms. The smallest absolute Gasteiger partial charge is 0.315 e. The van der Waals surface area contributed by atoms with Crippen molar-refractivity contribution in [3.8, 4) is 0 Å². The Morgan fingerprint density at radius 1 is 0.750 bits per heavy atom. The van der Waals surface area contributed by atoms with Gasteiger partial charge in [-0.05, 0) is 13.8 Å². The third-order valence-corrected chi connectivity index (χ3v) is 1.74. The summed E-state index contributed by atoms with van der Waals surface area (Å²) in [5.74, 6) is -8.49. The number of halogens is 2. The highest BCUT2D eigenvalue weighted by Crippen LogP contribution is 2.15. The van der Waals surface area contributed by atoms with E-state index in [1.54, 1.807) is 0 Å². The predicted octanol–water partition coefficient (Wildman–Crippen LogP) is 0.410. The Labute approximate surface area is 104 Å². The van der Waals surface area contributed by atoms with E-state index < -0.39 is 35.3 Å². The van der Waals surface area contributed by atoms with Crippen molar-refractivity contribution in [2.45, 2.75) is 13.8 Å². The molecule has 0 aliphatic rings. The predicted molar refractivity (Wildman–Crippen MR) is 58.1 cm³/mol. The van der Waals surface area contributed by atoms with Gasteiger partial charge in [0, 0.05) is 0 Å². The average Bonchev–Trinajstić information content (AvgIpc) is 1.96. The molecule has 8 heteroatoms. The molecule has 0 aromatic rings. The molecule has 6 nitrogen and oxygen atoms in total. The van der Waals surface area contributed by atoms with Crippen molar-refractivity contribution in [1.82, 2.24) is 0 Å². The van der Waals surface area contributed by atoms with E-state index in [4.69, 9.17) is 10.2 Å². The zero-order valence-electron chi connectivity index (χ0n) is 8.50. The average molecular weight is 275 g/mol. The van der Waals surface area contributed by atoms with E-state index in [1.807, 2.05) is 0 Å². The van der Waals surface area contributed by atoms with Crippen LogP contribution < -0.4 is 0 Å².